The first-order chi connectivity index (χ1) is 14.9. The fraction of sp³-hybridized carbons (Fsp3) is 0.346. The lowest BCUT2D eigenvalue weighted by atomic mass is 9.83. The molecule has 1 aliphatic heterocycles. The molecular weight excluding hydrogens is 388 g/mol. The van der Waals surface area contributed by atoms with E-state index in [2.05, 4.69) is 61.3 Å². The van der Waals surface area contributed by atoms with Gasteiger partial charge in [0.15, 0.2) is 5.76 Å². The summed E-state index contributed by atoms with van der Waals surface area (Å²) < 4.78 is 0. The summed E-state index contributed by atoms with van der Waals surface area (Å²) in [5, 5.41) is 9.94. The predicted octanol–water partition coefficient (Wildman–Crippen LogP) is 4.53. The molecule has 0 aliphatic carbocycles. The Balaban J connectivity index is 1.88. The number of aliphatic imine (C=N–C) groups is 1. The van der Waals surface area contributed by atoms with Crippen LogP contribution in [0.2, 0.25) is 0 Å². The van der Waals surface area contributed by atoms with Crippen LogP contribution in [-0.4, -0.2) is 47.5 Å². The topological polar surface area (TPSA) is 70.0 Å². The highest BCUT2D eigenvalue weighted by atomic mass is 16.3. The van der Waals surface area contributed by atoms with Gasteiger partial charge in [-0.15, -0.1) is 0 Å². The number of nitrogens with zero attached hydrogens (tertiary/aromatic N) is 2. The van der Waals surface area contributed by atoms with Gasteiger partial charge in [-0.05, 0) is 49.8 Å². The molecular formula is C26H30N2O3. The number of aliphatic hydroxyl groups is 1. The Morgan fingerprint density at radius 1 is 1.19 bits per heavy atom. The van der Waals surface area contributed by atoms with Crippen LogP contribution < -0.4 is 0 Å². The van der Waals surface area contributed by atoms with Gasteiger partial charge in [-0.3, -0.25) is 14.6 Å². The molecule has 1 amide bonds. The van der Waals surface area contributed by atoms with E-state index < -0.39 is 11.5 Å². The zero-order valence-electron chi connectivity index (χ0n) is 18.4. The van der Waals surface area contributed by atoms with Crippen molar-refractivity contribution in [1.29, 1.82) is 0 Å². The van der Waals surface area contributed by atoms with E-state index in [0.717, 1.165) is 31.6 Å². The monoisotopic (exact) mass is 418 g/mol. The SMILES string of the molecule is C/N=C\C(=O)/C(O)=C/C(=O)N1CCC[C@@H]1C[C@@H](c1cccc(C)c1)c1ccccc1C. The molecule has 5 nitrogen and oxygen atoms in total. The van der Waals surface area contributed by atoms with Crippen LogP contribution >= 0.6 is 0 Å². The number of likely N-dealkylation sites (tertiary alicyclic amines) is 1. The third-order valence-corrected chi connectivity index (χ3v) is 5.94. The maximum atomic E-state index is 12.8. The quantitative estimate of drug-likeness (QED) is 0.408. The zero-order valence-corrected chi connectivity index (χ0v) is 18.4. The summed E-state index contributed by atoms with van der Waals surface area (Å²) in [6.07, 6.45) is 4.63. The van der Waals surface area contributed by atoms with Crippen LogP contribution in [0.1, 0.15) is 47.4 Å². The molecule has 31 heavy (non-hydrogen) atoms. The van der Waals surface area contributed by atoms with E-state index in [1.807, 2.05) is 6.07 Å². The largest absolute Gasteiger partial charge is 0.504 e. The average molecular weight is 419 g/mol. The molecule has 162 valence electrons. The summed E-state index contributed by atoms with van der Waals surface area (Å²) in [7, 11) is 1.44. The van der Waals surface area contributed by atoms with Crippen LogP contribution in [0, 0.1) is 13.8 Å². The van der Waals surface area contributed by atoms with Gasteiger partial charge in [0.2, 0.25) is 5.78 Å². The Morgan fingerprint density at radius 2 is 1.97 bits per heavy atom. The molecule has 0 saturated carbocycles. The van der Waals surface area contributed by atoms with Crippen LogP contribution in [0.3, 0.4) is 0 Å². The second kappa shape index (κ2) is 10.2. The molecule has 2 aromatic carbocycles. The third-order valence-electron chi connectivity index (χ3n) is 5.94. The standard InChI is InChI=1S/C26H30N2O3/c1-18-8-6-10-20(14-18)23(22-12-5-4-9-19(22)2)15-21-11-7-13-28(21)26(31)16-24(29)25(30)17-27-3/h4-6,8-10,12,14,16-17,21,23,29H,7,11,13,15H2,1-3H3/b24-16-,27-17-/t21-,23+/m1/s1. The number of carbonyl (C=O) groups excluding carboxylic acids is 2. The summed E-state index contributed by atoms with van der Waals surface area (Å²) in [5.41, 5.74) is 4.94. The van der Waals surface area contributed by atoms with Crippen molar-refractivity contribution in [1.82, 2.24) is 4.90 Å². The number of Topliss-reactive ketones (excluding diaryl/α,β-unsaturated/α-hetero) is 1. The first kappa shape index (κ1) is 22.5. The maximum absolute atomic E-state index is 12.8. The van der Waals surface area contributed by atoms with E-state index in [4.69, 9.17) is 0 Å². The highest BCUT2D eigenvalue weighted by Crippen LogP contribution is 2.35. The molecule has 2 atom stereocenters. The van der Waals surface area contributed by atoms with Crippen molar-refractivity contribution in [2.45, 2.75) is 45.1 Å². The summed E-state index contributed by atoms with van der Waals surface area (Å²) in [6, 6.07) is 17.0. The van der Waals surface area contributed by atoms with Crippen molar-refractivity contribution >= 4 is 17.9 Å². The summed E-state index contributed by atoms with van der Waals surface area (Å²) in [4.78, 5) is 30.0. The number of carbonyl (C=O) groups is 2. The highest BCUT2D eigenvalue weighted by Gasteiger charge is 2.32. The summed E-state index contributed by atoms with van der Waals surface area (Å²) in [5.74, 6) is -1.41. The van der Waals surface area contributed by atoms with Crippen molar-refractivity contribution in [3.63, 3.8) is 0 Å². The zero-order chi connectivity index (χ0) is 22.4. The minimum atomic E-state index is -0.663. The molecule has 0 spiro atoms. The smallest absolute Gasteiger partial charge is 0.250 e. The second-order valence-electron chi connectivity index (χ2n) is 8.17. The Labute approximate surface area is 184 Å². The third kappa shape index (κ3) is 5.48. The van der Waals surface area contributed by atoms with Gasteiger partial charge in [-0.25, -0.2) is 0 Å². The van der Waals surface area contributed by atoms with Crippen LogP contribution in [0.4, 0.5) is 0 Å². The lowest BCUT2D eigenvalue weighted by molar-refractivity contribution is -0.127. The molecule has 2 aromatic rings. The molecule has 0 bridgehead atoms. The Morgan fingerprint density at radius 3 is 2.68 bits per heavy atom. The van der Waals surface area contributed by atoms with Gasteiger partial charge >= 0.3 is 0 Å². The Kier molecular flexibility index (Phi) is 7.40. The normalized spacial score (nSPS) is 17.8. The van der Waals surface area contributed by atoms with Gasteiger partial charge in [-0.1, -0.05) is 54.1 Å². The van der Waals surface area contributed by atoms with Crippen molar-refractivity contribution in [3.05, 3.63) is 82.6 Å². The molecule has 1 aliphatic rings. The van der Waals surface area contributed by atoms with E-state index in [0.29, 0.717) is 6.54 Å². The fourth-order valence-electron chi connectivity index (χ4n) is 4.40. The van der Waals surface area contributed by atoms with E-state index >= 15 is 0 Å². The molecule has 0 radical (unpaired) electrons. The number of hydrogen-bond acceptors (Lipinski definition) is 4. The number of benzene rings is 2. The highest BCUT2D eigenvalue weighted by molar-refractivity contribution is 6.34. The van der Waals surface area contributed by atoms with Crippen molar-refractivity contribution in [2.75, 3.05) is 13.6 Å². The van der Waals surface area contributed by atoms with E-state index in [9.17, 15) is 14.7 Å². The van der Waals surface area contributed by atoms with Crippen molar-refractivity contribution in [2.24, 2.45) is 4.99 Å². The van der Waals surface area contributed by atoms with Gasteiger partial charge in [-0.2, -0.15) is 0 Å². The van der Waals surface area contributed by atoms with Gasteiger partial charge in [0.05, 0.1) is 6.21 Å². The van der Waals surface area contributed by atoms with Gasteiger partial charge in [0.25, 0.3) is 5.91 Å². The second-order valence-corrected chi connectivity index (χ2v) is 8.17. The molecule has 1 saturated heterocycles. The number of aliphatic hydroxyl groups excluding tert-OH is 1. The van der Waals surface area contributed by atoms with Crippen LogP contribution in [0.5, 0.6) is 0 Å². The number of amides is 1. The number of ketones is 1. The van der Waals surface area contributed by atoms with E-state index in [-0.39, 0.29) is 17.9 Å². The Bertz CT molecular complexity index is 1010. The molecule has 0 unspecified atom stereocenters. The minimum absolute atomic E-state index is 0.0385. The van der Waals surface area contributed by atoms with Gasteiger partial charge < -0.3 is 10.0 Å². The van der Waals surface area contributed by atoms with E-state index in [1.165, 1.54) is 29.3 Å². The molecule has 0 aromatic heterocycles. The average Bonchev–Trinajstić information content (AvgIpc) is 3.21. The van der Waals surface area contributed by atoms with Crippen LogP contribution in [0.15, 0.2) is 65.4 Å². The first-order valence-electron chi connectivity index (χ1n) is 10.7. The number of rotatable bonds is 7. The number of allylic oxidation sites excluding steroid dienone is 1. The first-order valence-corrected chi connectivity index (χ1v) is 10.7. The molecule has 1 N–H and O–H groups in total. The molecule has 3 rings (SSSR count). The fourth-order valence-corrected chi connectivity index (χ4v) is 4.40. The Hall–Kier alpha value is -3.21. The van der Waals surface area contributed by atoms with E-state index in [1.54, 1.807) is 4.90 Å². The predicted molar refractivity (Wildman–Crippen MR) is 124 cm³/mol. The van der Waals surface area contributed by atoms with Crippen LogP contribution in [-0.2, 0) is 9.59 Å². The lowest BCUT2D eigenvalue weighted by Gasteiger charge is -2.29. The lowest BCUT2D eigenvalue weighted by Crippen LogP contribution is -2.36. The van der Waals surface area contributed by atoms with Crippen LogP contribution in [0.25, 0.3) is 0 Å². The summed E-state index contributed by atoms with van der Waals surface area (Å²) in [6.45, 7) is 4.84. The molecule has 5 heteroatoms. The van der Waals surface area contributed by atoms with Crippen molar-refractivity contribution in [3.8, 4) is 0 Å². The maximum Gasteiger partial charge on any atom is 0.250 e. The van der Waals surface area contributed by atoms with Gasteiger partial charge in [0, 0.05) is 31.6 Å². The number of hydrogen-bond donors (Lipinski definition) is 1. The van der Waals surface area contributed by atoms with Crippen molar-refractivity contribution < 1.29 is 14.7 Å². The molecule has 1 fully saturated rings. The van der Waals surface area contributed by atoms with Gasteiger partial charge in [0.1, 0.15) is 0 Å². The molecule has 1 heterocycles. The number of aryl methyl sites for hydroxylation is 2. The minimum Gasteiger partial charge on any atom is -0.504 e. The summed E-state index contributed by atoms with van der Waals surface area (Å²) >= 11 is 0.